The summed E-state index contributed by atoms with van der Waals surface area (Å²) in [6, 6.07) is 6.08. The van der Waals surface area contributed by atoms with Gasteiger partial charge in [-0.15, -0.1) is 0 Å². The number of likely N-dealkylation sites (N-methyl/N-ethyl adjacent to an activating group) is 1. The molecule has 5 heteroatoms. The van der Waals surface area contributed by atoms with Crippen LogP contribution in [0.1, 0.15) is 51.0 Å². The Kier molecular flexibility index (Phi) is 6.79. The van der Waals surface area contributed by atoms with Crippen LogP contribution in [0.25, 0.3) is 0 Å². The molecule has 24 heavy (non-hydrogen) atoms. The number of anilines is 2. The quantitative estimate of drug-likeness (QED) is 0.838. The third-order valence-electron chi connectivity index (χ3n) is 4.79. The van der Waals surface area contributed by atoms with Gasteiger partial charge in [-0.25, -0.2) is 0 Å². The number of hydrogen-bond acceptors (Lipinski definition) is 3. The molecule has 0 heterocycles. The molecule has 2 N–H and O–H groups in total. The van der Waals surface area contributed by atoms with E-state index < -0.39 is 0 Å². The molecule has 0 unspecified atom stereocenters. The molecule has 1 aliphatic carbocycles. The molecule has 0 aliphatic heterocycles. The van der Waals surface area contributed by atoms with Crippen LogP contribution in [0.5, 0.6) is 0 Å². The van der Waals surface area contributed by atoms with Crippen molar-refractivity contribution in [2.24, 2.45) is 0 Å². The Morgan fingerprint density at radius 2 is 1.67 bits per heavy atom. The summed E-state index contributed by atoms with van der Waals surface area (Å²) in [6.07, 6.45) is 6.63. The zero-order chi connectivity index (χ0) is 17.5. The lowest BCUT2D eigenvalue weighted by Gasteiger charge is -2.30. The zero-order valence-electron chi connectivity index (χ0n) is 15.0. The average molecular weight is 331 g/mol. The summed E-state index contributed by atoms with van der Waals surface area (Å²) in [5.41, 5.74) is 2.39. The van der Waals surface area contributed by atoms with Crippen LogP contribution in [0.2, 0.25) is 0 Å². The second kappa shape index (κ2) is 8.83. The fourth-order valence-corrected chi connectivity index (χ4v) is 3.21. The van der Waals surface area contributed by atoms with E-state index in [2.05, 4.69) is 15.5 Å². The number of hydrogen-bond donors (Lipinski definition) is 2. The van der Waals surface area contributed by atoms with Crippen LogP contribution < -0.4 is 10.6 Å². The molecule has 0 saturated heterocycles. The third kappa shape index (κ3) is 5.06. The smallest absolute Gasteiger partial charge is 0.238 e. The van der Waals surface area contributed by atoms with E-state index in [0.717, 1.165) is 16.9 Å². The van der Waals surface area contributed by atoms with Gasteiger partial charge in [-0.1, -0.05) is 32.3 Å². The van der Waals surface area contributed by atoms with Gasteiger partial charge in [0.2, 0.25) is 11.8 Å². The Morgan fingerprint density at radius 3 is 2.25 bits per heavy atom. The number of nitrogens with zero attached hydrogens (tertiary/aromatic N) is 1. The van der Waals surface area contributed by atoms with Crippen LogP contribution >= 0.6 is 0 Å². The van der Waals surface area contributed by atoms with Crippen molar-refractivity contribution in [1.29, 1.82) is 0 Å². The van der Waals surface area contributed by atoms with Crippen LogP contribution in [0.4, 0.5) is 11.4 Å². The van der Waals surface area contributed by atoms with Crippen LogP contribution in [-0.4, -0.2) is 36.3 Å². The van der Waals surface area contributed by atoms with Crippen molar-refractivity contribution in [3.63, 3.8) is 0 Å². The number of amides is 2. The molecular weight excluding hydrogens is 302 g/mol. The van der Waals surface area contributed by atoms with Crippen molar-refractivity contribution in [3.05, 3.63) is 23.8 Å². The van der Waals surface area contributed by atoms with Crippen LogP contribution in [0.3, 0.4) is 0 Å². The number of benzene rings is 1. The second-order valence-corrected chi connectivity index (χ2v) is 6.63. The minimum atomic E-state index is -0.0291. The maximum absolute atomic E-state index is 12.4. The van der Waals surface area contributed by atoms with Crippen molar-refractivity contribution in [1.82, 2.24) is 4.90 Å². The van der Waals surface area contributed by atoms with Gasteiger partial charge in [-0.05, 0) is 44.5 Å². The summed E-state index contributed by atoms with van der Waals surface area (Å²) < 4.78 is 0. The summed E-state index contributed by atoms with van der Waals surface area (Å²) in [4.78, 5) is 26.1. The van der Waals surface area contributed by atoms with Gasteiger partial charge >= 0.3 is 0 Å². The highest BCUT2D eigenvalue weighted by Crippen LogP contribution is 2.24. The van der Waals surface area contributed by atoms with Crippen molar-refractivity contribution in [2.45, 2.75) is 58.4 Å². The maximum atomic E-state index is 12.4. The van der Waals surface area contributed by atoms with E-state index in [1.54, 1.807) is 0 Å². The van der Waals surface area contributed by atoms with Crippen LogP contribution in [-0.2, 0) is 9.59 Å². The summed E-state index contributed by atoms with van der Waals surface area (Å²) in [5.74, 6) is -0.0382. The number of carbonyl (C=O) groups is 2. The maximum Gasteiger partial charge on any atom is 0.238 e. The van der Waals surface area contributed by atoms with Gasteiger partial charge in [0.15, 0.2) is 0 Å². The topological polar surface area (TPSA) is 61.4 Å². The first kappa shape index (κ1) is 18.5. The molecule has 2 amide bonds. The lowest BCUT2D eigenvalue weighted by atomic mass is 9.94. The first-order chi connectivity index (χ1) is 11.5. The zero-order valence-corrected chi connectivity index (χ0v) is 15.0. The monoisotopic (exact) mass is 331 g/mol. The van der Waals surface area contributed by atoms with E-state index in [9.17, 15) is 9.59 Å². The van der Waals surface area contributed by atoms with Gasteiger partial charge in [0, 0.05) is 23.8 Å². The van der Waals surface area contributed by atoms with Crippen LogP contribution in [0.15, 0.2) is 18.2 Å². The molecule has 0 bridgehead atoms. The molecule has 1 aliphatic rings. The Hall–Kier alpha value is -1.88. The van der Waals surface area contributed by atoms with Crippen molar-refractivity contribution < 1.29 is 9.59 Å². The number of rotatable bonds is 6. The van der Waals surface area contributed by atoms with Gasteiger partial charge < -0.3 is 10.6 Å². The summed E-state index contributed by atoms with van der Waals surface area (Å²) in [5, 5.41) is 5.85. The fourth-order valence-electron chi connectivity index (χ4n) is 3.21. The standard InChI is InChI=1S/C19H29N3O2/c1-4-18(23)20-16-11-8-12-17(14(16)2)21-19(24)13-22(3)15-9-6-5-7-10-15/h8,11-12,15H,4-7,9-10,13H2,1-3H3,(H,20,23)(H,21,24). The molecular formula is C19H29N3O2. The van der Waals surface area contributed by atoms with Crippen molar-refractivity contribution >= 4 is 23.2 Å². The second-order valence-electron chi connectivity index (χ2n) is 6.63. The molecule has 1 aromatic rings. The summed E-state index contributed by atoms with van der Waals surface area (Å²) in [6.45, 7) is 4.12. The Morgan fingerprint density at radius 1 is 1.08 bits per heavy atom. The van der Waals surface area contributed by atoms with E-state index in [4.69, 9.17) is 0 Å². The predicted molar refractivity (Wildman–Crippen MR) is 98.2 cm³/mol. The van der Waals surface area contributed by atoms with E-state index in [0.29, 0.717) is 19.0 Å². The first-order valence-electron chi connectivity index (χ1n) is 8.90. The lowest BCUT2D eigenvalue weighted by molar-refractivity contribution is -0.117. The molecule has 2 rings (SSSR count). The van der Waals surface area contributed by atoms with Gasteiger partial charge in [0.1, 0.15) is 0 Å². The Bertz CT molecular complexity index is 580. The SMILES string of the molecule is CCC(=O)Nc1cccc(NC(=O)CN(C)C2CCCCC2)c1C. The molecule has 1 saturated carbocycles. The van der Waals surface area contributed by atoms with E-state index in [-0.39, 0.29) is 11.8 Å². The lowest BCUT2D eigenvalue weighted by Crippen LogP contribution is -2.39. The summed E-state index contributed by atoms with van der Waals surface area (Å²) >= 11 is 0. The van der Waals surface area contributed by atoms with Crippen molar-refractivity contribution in [2.75, 3.05) is 24.2 Å². The highest BCUT2D eigenvalue weighted by atomic mass is 16.2. The van der Waals surface area contributed by atoms with E-state index in [1.165, 1.54) is 32.1 Å². The Labute approximate surface area is 144 Å². The largest absolute Gasteiger partial charge is 0.326 e. The highest BCUT2D eigenvalue weighted by molar-refractivity contribution is 5.96. The molecule has 132 valence electrons. The van der Waals surface area contributed by atoms with E-state index >= 15 is 0 Å². The molecule has 0 radical (unpaired) electrons. The molecule has 0 atom stereocenters. The predicted octanol–water partition coefficient (Wildman–Crippen LogP) is 3.55. The van der Waals surface area contributed by atoms with Crippen molar-refractivity contribution in [3.8, 4) is 0 Å². The molecule has 0 spiro atoms. The minimum Gasteiger partial charge on any atom is -0.326 e. The fraction of sp³-hybridized carbons (Fsp3) is 0.579. The van der Waals surface area contributed by atoms with Gasteiger partial charge in [0.05, 0.1) is 6.54 Å². The highest BCUT2D eigenvalue weighted by Gasteiger charge is 2.20. The first-order valence-corrected chi connectivity index (χ1v) is 8.90. The summed E-state index contributed by atoms with van der Waals surface area (Å²) in [7, 11) is 2.03. The number of nitrogens with one attached hydrogen (secondary N) is 2. The van der Waals surface area contributed by atoms with Gasteiger partial charge in [0.25, 0.3) is 0 Å². The van der Waals surface area contributed by atoms with Gasteiger partial charge in [-0.2, -0.15) is 0 Å². The van der Waals surface area contributed by atoms with Crippen LogP contribution in [0, 0.1) is 6.92 Å². The molecule has 1 fully saturated rings. The Balaban J connectivity index is 1.95. The minimum absolute atomic E-state index is 0.00913. The average Bonchev–Trinajstić information content (AvgIpc) is 2.59. The molecule has 0 aromatic heterocycles. The van der Waals surface area contributed by atoms with Gasteiger partial charge in [-0.3, -0.25) is 14.5 Å². The normalized spacial score (nSPS) is 15.3. The molecule has 5 nitrogen and oxygen atoms in total. The van der Waals surface area contributed by atoms with E-state index in [1.807, 2.05) is 39.1 Å². The third-order valence-corrected chi connectivity index (χ3v) is 4.79. The number of carbonyl (C=O) groups excluding carboxylic acids is 2. The molecule has 1 aromatic carbocycles.